The van der Waals surface area contributed by atoms with Gasteiger partial charge in [0.1, 0.15) is 5.82 Å². The zero-order valence-electron chi connectivity index (χ0n) is 11.2. The van der Waals surface area contributed by atoms with Gasteiger partial charge in [0, 0.05) is 17.2 Å². The number of fused-ring (bicyclic) bond motifs is 1. The van der Waals surface area contributed by atoms with Crippen LogP contribution < -0.4 is 5.73 Å². The highest BCUT2D eigenvalue weighted by molar-refractivity contribution is 5.42. The van der Waals surface area contributed by atoms with Gasteiger partial charge in [-0.25, -0.2) is 0 Å². The Morgan fingerprint density at radius 2 is 1.82 bits per heavy atom. The minimum atomic E-state index is -0.360. The van der Waals surface area contributed by atoms with Crippen LogP contribution in [-0.4, -0.2) is 20.1 Å². The van der Waals surface area contributed by atoms with Gasteiger partial charge in [0.05, 0.1) is 0 Å². The third-order valence-corrected chi connectivity index (χ3v) is 3.74. The van der Waals surface area contributed by atoms with Crippen molar-refractivity contribution in [3.63, 3.8) is 0 Å². The van der Waals surface area contributed by atoms with Crippen LogP contribution in [0.4, 0.5) is 0 Å². The third kappa shape index (κ3) is 1.82. The molecule has 2 aromatic heterocycles. The van der Waals surface area contributed by atoms with Crippen molar-refractivity contribution in [2.24, 2.45) is 5.73 Å². The first-order chi connectivity index (χ1) is 7.73. The van der Waals surface area contributed by atoms with Gasteiger partial charge in [0.25, 0.3) is 0 Å². The number of nitrogens with zero attached hydrogens (tertiary/aromatic N) is 3. The molecule has 0 unspecified atom stereocenters. The molecule has 0 radical (unpaired) electrons. The van der Waals surface area contributed by atoms with Crippen LogP contribution in [0.2, 0.25) is 0 Å². The molecule has 2 rings (SSSR count). The molecule has 0 spiro atoms. The number of rotatable bonds is 2. The molecule has 92 valence electrons. The molecule has 0 saturated carbocycles. The minimum Gasteiger partial charge on any atom is -0.325 e. The Morgan fingerprint density at radius 3 is 2.41 bits per heavy atom. The summed E-state index contributed by atoms with van der Waals surface area (Å²) in [7, 11) is 0. The van der Waals surface area contributed by atoms with E-state index in [2.05, 4.69) is 30.1 Å². The summed E-state index contributed by atoms with van der Waals surface area (Å²) in [5, 5.41) is 8.52. The van der Waals surface area contributed by atoms with E-state index in [0.29, 0.717) is 0 Å². The molecule has 0 amide bonds. The van der Waals surface area contributed by atoms with Crippen LogP contribution in [0.25, 0.3) is 5.65 Å². The smallest absolute Gasteiger partial charge is 0.161 e. The molecule has 17 heavy (non-hydrogen) atoms. The predicted molar refractivity (Wildman–Crippen MR) is 69.0 cm³/mol. The molecule has 2 aromatic rings. The lowest BCUT2D eigenvalue weighted by Gasteiger charge is -2.36. The minimum absolute atomic E-state index is 0.248. The van der Waals surface area contributed by atoms with Gasteiger partial charge in [-0.3, -0.25) is 4.40 Å². The summed E-state index contributed by atoms with van der Waals surface area (Å²) in [6, 6.07) is 4.08. The second kappa shape index (κ2) is 3.53. The molecule has 0 bridgehead atoms. The van der Waals surface area contributed by atoms with E-state index in [1.807, 2.05) is 37.4 Å². The van der Waals surface area contributed by atoms with Gasteiger partial charge >= 0.3 is 0 Å². The van der Waals surface area contributed by atoms with E-state index in [1.165, 1.54) is 5.56 Å². The van der Waals surface area contributed by atoms with Crippen LogP contribution in [-0.2, 0) is 5.41 Å². The van der Waals surface area contributed by atoms with E-state index in [4.69, 9.17) is 5.73 Å². The van der Waals surface area contributed by atoms with Gasteiger partial charge in [0.2, 0.25) is 0 Å². The average molecular weight is 232 g/mol. The molecular weight excluding hydrogens is 212 g/mol. The lowest BCUT2D eigenvalue weighted by atomic mass is 9.74. The fourth-order valence-corrected chi connectivity index (χ4v) is 1.71. The summed E-state index contributed by atoms with van der Waals surface area (Å²) in [5.41, 5.74) is 7.69. The number of aromatic nitrogens is 3. The van der Waals surface area contributed by atoms with Gasteiger partial charge in [-0.1, -0.05) is 13.8 Å². The lowest BCUT2D eigenvalue weighted by molar-refractivity contribution is 0.289. The topological polar surface area (TPSA) is 56.2 Å². The molecule has 0 aliphatic carbocycles. The monoisotopic (exact) mass is 232 g/mol. The largest absolute Gasteiger partial charge is 0.325 e. The normalized spacial score (nSPS) is 13.3. The first kappa shape index (κ1) is 12.0. The average Bonchev–Trinajstić information content (AvgIpc) is 2.58. The molecule has 0 aromatic carbocycles. The summed E-state index contributed by atoms with van der Waals surface area (Å²) in [6.45, 7) is 10.3. The molecule has 0 saturated heterocycles. The summed E-state index contributed by atoms with van der Waals surface area (Å²) in [5.74, 6) is 0.903. The molecule has 2 N–H and O–H groups in total. The highest BCUT2D eigenvalue weighted by Crippen LogP contribution is 2.31. The molecule has 4 nitrogen and oxygen atoms in total. The molecule has 0 fully saturated rings. The fourth-order valence-electron chi connectivity index (χ4n) is 1.71. The molecule has 2 heterocycles. The zero-order chi connectivity index (χ0) is 12.8. The van der Waals surface area contributed by atoms with Crippen molar-refractivity contribution >= 4 is 5.65 Å². The van der Waals surface area contributed by atoms with Crippen LogP contribution in [0.1, 0.15) is 39.1 Å². The lowest BCUT2D eigenvalue weighted by Crippen LogP contribution is -2.51. The van der Waals surface area contributed by atoms with E-state index in [1.54, 1.807) is 0 Å². The van der Waals surface area contributed by atoms with E-state index in [0.717, 1.165) is 11.5 Å². The van der Waals surface area contributed by atoms with Crippen molar-refractivity contribution in [2.75, 3.05) is 0 Å². The summed E-state index contributed by atoms with van der Waals surface area (Å²) in [6.07, 6.45) is 2.01. The Balaban J connectivity index is 2.65. The summed E-state index contributed by atoms with van der Waals surface area (Å²) >= 11 is 0. The highest BCUT2D eigenvalue weighted by Gasteiger charge is 2.39. The maximum absolute atomic E-state index is 6.24. The van der Waals surface area contributed by atoms with Crippen LogP contribution in [0.15, 0.2) is 18.3 Å². The molecule has 0 aliphatic rings. The molecule has 0 atom stereocenters. The molecular formula is C13H20N4. The highest BCUT2D eigenvalue weighted by atomic mass is 15.3. The van der Waals surface area contributed by atoms with E-state index in [9.17, 15) is 0 Å². The predicted octanol–water partition coefficient (Wildman–Crippen LogP) is 2.05. The van der Waals surface area contributed by atoms with E-state index < -0.39 is 0 Å². The van der Waals surface area contributed by atoms with Crippen LogP contribution in [0.5, 0.6) is 0 Å². The number of hydrogen-bond acceptors (Lipinski definition) is 3. The van der Waals surface area contributed by atoms with Crippen LogP contribution in [0.3, 0.4) is 0 Å². The Bertz CT molecular complexity index is 546. The van der Waals surface area contributed by atoms with Crippen molar-refractivity contribution < 1.29 is 0 Å². The number of pyridine rings is 1. The van der Waals surface area contributed by atoms with Gasteiger partial charge in [-0.15, -0.1) is 10.2 Å². The van der Waals surface area contributed by atoms with Crippen LogP contribution in [0, 0.1) is 6.92 Å². The van der Waals surface area contributed by atoms with Gasteiger partial charge < -0.3 is 5.73 Å². The Labute approximate surface area is 102 Å². The maximum Gasteiger partial charge on any atom is 0.161 e. The van der Waals surface area contributed by atoms with Gasteiger partial charge in [-0.2, -0.15) is 0 Å². The van der Waals surface area contributed by atoms with Crippen molar-refractivity contribution in [2.45, 2.75) is 45.6 Å². The summed E-state index contributed by atoms with van der Waals surface area (Å²) in [4.78, 5) is 0. The SMILES string of the molecule is Cc1ccn2c(C(C)(C)C(C)(C)N)nnc2c1. The number of nitrogens with two attached hydrogens (primary N) is 1. The number of aryl methyl sites for hydroxylation is 1. The van der Waals surface area contributed by atoms with Crippen molar-refractivity contribution in [1.82, 2.24) is 14.6 Å². The van der Waals surface area contributed by atoms with Gasteiger partial charge in [-0.05, 0) is 38.5 Å². The zero-order valence-corrected chi connectivity index (χ0v) is 11.2. The third-order valence-electron chi connectivity index (χ3n) is 3.74. The Kier molecular flexibility index (Phi) is 2.51. The first-order valence-corrected chi connectivity index (χ1v) is 5.84. The fraction of sp³-hybridized carbons (Fsp3) is 0.538. The maximum atomic E-state index is 6.24. The first-order valence-electron chi connectivity index (χ1n) is 5.84. The van der Waals surface area contributed by atoms with E-state index in [-0.39, 0.29) is 11.0 Å². The Morgan fingerprint density at radius 1 is 1.18 bits per heavy atom. The molecule has 4 heteroatoms. The van der Waals surface area contributed by atoms with Crippen molar-refractivity contribution in [3.05, 3.63) is 29.7 Å². The van der Waals surface area contributed by atoms with Crippen molar-refractivity contribution in [1.29, 1.82) is 0 Å². The second-order valence-electron chi connectivity index (χ2n) is 5.80. The van der Waals surface area contributed by atoms with Crippen LogP contribution >= 0.6 is 0 Å². The van der Waals surface area contributed by atoms with Gasteiger partial charge in [0.15, 0.2) is 5.65 Å². The Hall–Kier alpha value is -1.42. The second-order valence-corrected chi connectivity index (χ2v) is 5.80. The molecule has 0 aliphatic heterocycles. The van der Waals surface area contributed by atoms with E-state index >= 15 is 0 Å². The van der Waals surface area contributed by atoms with Crippen molar-refractivity contribution in [3.8, 4) is 0 Å². The summed E-state index contributed by atoms with van der Waals surface area (Å²) < 4.78 is 2.02. The number of hydrogen-bond donors (Lipinski definition) is 1. The standard InChI is InChI=1S/C13H20N4/c1-9-6-7-17-10(8-9)15-16-11(17)12(2,3)13(4,5)14/h6-8H,14H2,1-5H3. The quantitative estimate of drug-likeness (QED) is 0.862.